The van der Waals surface area contributed by atoms with Gasteiger partial charge in [0, 0.05) is 0 Å². The van der Waals surface area contributed by atoms with Crippen LogP contribution in [-0.2, 0) is 6.42 Å². The van der Waals surface area contributed by atoms with Gasteiger partial charge in [-0.25, -0.2) is 0 Å². The van der Waals surface area contributed by atoms with Gasteiger partial charge in [0.2, 0.25) is 0 Å². The lowest BCUT2D eigenvalue weighted by Gasteiger charge is -2.10. The van der Waals surface area contributed by atoms with Gasteiger partial charge in [-0.3, -0.25) is 0 Å². The molecule has 0 saturated heterocycles. The Kier molecular flexibility index (Phi) is 3.50. The molecule has 0 spiro atoms. The smallest absolute Gasteiger partial charge is 0.000729 e. The van der Waals surface area contributed by atoms with E-state index in [1.807, 2.05) is 0 Å². The van der Waals surface area contributed by atoms with Crippen LogP contribution in [0.3, 0.4) is 0 Å². The highest BCUT2D eigenvalue weighted by molar-refractivity contribution is 5.85. The first kappa shape index (κ1) is 15.2. The van der Waals surface area contributed by atoms with Crippen LogP contribution in [-0.4, -0.2) is 0 Å². The lowest BCUT2D eigenvalue weighted by molar-refractivity contribution is 1.26. The molecule has 5 rings (SSSR count). The standard InChI is InChI=1S/C26H20/c1-18-9-11-19(12-10-18)20-13-15-21(16-14-20)23-7-4-8-25-24-6-3-2-5-22(24)17-26(23)25/h2-16H,17H2,1H3. The third kappa shape index (κ3) is 2.46. The molecule has 0 unspecified atom stereocenters. The number of hydrogen-bond donors (Lipinski definition) is 0. The zero-order valence-electron chi connectivity index (χ0n) is 14.9. The Morgan fingerprint density at radius 1 is 0.500 bits per heavy atom. The van der Waals surface area contributed by atoms with Gasteiger partial charge in [0.1, 0.15) is 0 Å². The van der Waals surface area contributed by atoms with Gasteiger partial charge in [-0.05, 0) is 57.9 Å². The normalized spacial score (nSPS) is 11.9. The van der Waals surface area contributed by atoms with Gasteiger partial charge < -0.3 is 0 Å². The van der Waals surface area contributed by atoms with Gasteiger partial charge in [0.25, 0.3) is 0 Å². The molecule has 0 aliphatic heterocycles. The molecule has 124 valence electrons. The number of hydrogen-bond acceptors (Lipinski definition) is 0. The van der Waals surface area contributed by atoms with Crippen molar-refractivity contribution in [3.63, 3.8) is 0 Å². The summed E-state index contributed by atoms with van der Waals surface area (Å²) in [4.78, 5) is 0. The highest BCUT2D eigenvalue weighted by atomic mass is 14.2. The molecule has 0 fully saturated rings. The van der Waals surface area contributed by atoms with E-state index in [4.69, 9.17) is 0 Å². The van der Waals surface area contributed by atoms with E-state index in [1.165, 1.54) is 50.1 Å². The molecule has 0 radical (unpaired) electrons. The van der Waals surface area contributed by atoms with Crippen LogP contribution in [0.2, 0.25) is 0 Å². The first-order valence-electron chi connectivity index (χ1n) is 9.17. The monoisotopic (exact) mass is 332 g/mol. The molecular formula is C26H20. The lowest BCUT2D eigenvalue weighted by atomic mass is 9.94. The summed E-state index contributed by atoms with van der Waals surface area (Å²) >= 11 is 0. The summed E-state index contributed by atoms with van der Waals surface area (Å²) in [6.07, 6.45) is 1.03. The van der Waals surface area contributed by atoms with Crippen molar-refractivity contribution >= 4 is 0 Å². The maximum atomic E-state index is 2.26. The van der Waals surface area contributed by atoms with Crippen molar-refractivity contribution in [3.8, 4) is 33.4 Å². The summed E-state index contributed by atoms with van der Waals surface area (Å²) in [5, 5.41) is 0. The van der Waals surface area contributed by atoms with E-state index in [9.17, 15) is 0 Å². The molecule has 0 saturated carbocycles. The highest BCUT2D eigenvalue weighted by Gasteiger charge is 2.20. The predicted molar refractivity (Wildman–Crippen MR) is 110 cm³/mol. The van der Waals surface area contributed by atoms with Crippen molar-refractivity contribution in [2.75, 3.05) is 0 Å². The minimum Gasteiger partial charge on any atom is -0.0619 e. The average molecular weight is 332 g/mol. The van der Waals surface area contributed by atoms with E-state index in [2.05, 4.69) is 97.9 Å². The largest absolute Gasteiger partial charge is 0.0619 e. The average Bonchev–Trinajstić information content (AvgIpc) is 3.08. The zero-order chi connectivity index (χ0) is 17.5. The highest BCUT2D eigenvalue weighted by Crippen LogP contribution is 2.41. The van der Waals surface area contributed by atoms with Gasteiger partial charge in [-0.15, -0.1) is 0 Å². The number of rotatable bonds is 2. The van der Waals surface area contributed by atoms with Crippen LogP contribution >= 0.6 is 0 Å². The summed E-state index contributed by atoms with van der Waals surface area (Å²) < 4.78 is 0. The summed E-state index contributed by atoms with van der Waals surface area (Å²) in [7, 11) is 0. The van der Waals surface area contributed by atoms with Gasteiger partial charge in [-0.1, -0.05) is 96.6 Å². The Balaban J connectivity index is 1.55. The molecular weight excluding hydrogens is 312 g/mol. The van der Waals surface area contributed by atoms with Crippen LogP contribution < -0.4 is 0 Å². The second kappa shape index (κ2) is 6.00. The fourth-order valence-electron chi connectivity index (χ4n) is 4.02. The van der Waals surface area contributed by atoms with E-state index in [0.29, 0.717) is 0 Å². The van der Waals surface area contributed by atoms with Gasteiger partial charge in [0.15, 0.2) is 0 Å². The quantitative estimate of drug-likeness (QED) is 0.330. The topological polar surface area (TPSA) is 0 Å². The van der Waals surface area contributed by atoms with Crippen LogP contribution in [0.5, 0.6) is 0 Å². The second-order valence-electron chi connectivity index (χ2n) is 7.11. The van der Waals surface area contributed by atoms with E-state index < -0.39 is 0 Å². The Morgan fingerprint density at radius 3 is 1.85 bits per heavy atom. The van der Waals surface area contributed by atoms with Crippen molar-refractivity contribution in [1.29, 1.82) is 0 Å². The maximum absolute atomic E-state index is 2.26. The van der Waals surface area contributed by atoms with Crippen LogP contribution in [0, 0.1) is 6.92 Å². The van der Waals surface area contributed by atoms with E-state index in [1.54, 1.807) is 0 Å². The molecule has 0 aromatic heterocycles. The van der Waals surface area contributed by atoms with E-state index in [0.717, 1.165) is 6.42 Å². The fourth-order valence-corrected chi connectivity index (χ4v) is 4.02. The van der Waals surface area contributed by atoms with E-state index >= 15 is 0 Å². The maximum Gasteiger partial charge on any atom is -0.000729 e. The fraction of sp³-hybridized carbons (Fsp3) is 0.0769. The summed E-state index contributed by atoms with van der Waals surface area (Å²) in [5.41, 5.74) is 12.2. The minimum absolute atomic E-state index is 1.03. The van der Waals surface area contributed by atoms with Crippen LogP contribution in [0.4, 0.5) is 0 Å². The number of benzene rings is 4. The molecule has 0 heteroatoms. The molecule has 4 aromatic carbocycles. The lowest BCUT2D eigenvalue weighted by Crippen LogP contribution is -1.88. The van der Waals surface area contributed by atoms with Crippen LogP contribution in [0.25, 0.3) is 33.4 Å². The van der Waals surface area contributed by atoms with Crippen molar-refractivity contribution in [2.24, 2.45) is 0 Å². The molecule has 4 aromatic rings. The zero-order valence-corrected chi connectivity index (χ0v) is 14.9. The van der Waals surface area contributed by atoms with Gasteiger partial charge in [-0.2, -0.15) is 0 Å². The Morgan fingerprint density at radius 2 is 1.08 bits per heavy atom. The molecule has 0 atom stereocenters. The summed E-state index contributed by atoms with van der Waals surface area (Å²) in [6, 6.07) is 33.2. The van der Waals surface area contributed by atoms with E-state index in [-0.39, 0.29) is 0 Å². The van der Waals surface area contributed by atoms with Gasteiger partial charge >= 0.3 is 0 Å². The summed E-state index contributed by atoms with van der Waals surface area (Å²) in [5.74, 6) is 0. The van der Waals surface area contributed by atoms with Crippen molar-refractivity contribution < 1.29 is 0 Å². The first-order chi connectivity index (χ1) is 12.8. The molecule has 0 nitrogen and oxygen atoms in total. The molecule has 26 heavy (non-hydrogen) atoms. The van der Waals surface area contributed by atoms with Crippen LogP contribution in [0.15, 0.2) is 91.0 Å². The predicted octanol–water partition coefficient (Wildman–Crippen LogP) is 6.90. The Bertz CT molecular complexity index is 1080. The van der Waals surface area contributed by atoms with Gasteiger partial charge in [0.05, 0.1) is 0 Å². The number of aryl methyl sites for hydroxylation is 1. The SMILES string of the molecule is Cc1ccc(-c2ccc(-c3cccc4c3Cc3ccccc3-4)cc2)cc1. The van der Waals surface area contributed by atoms with Crippen LogP contribution in [0.1, 0.15) is 16.7 Å². The third-order valence-electron chi connectivity index (χ3n) is 5.43. The van der Waals surface area contributed by atoms with Crippen molar-refractivity contribution in [3.05, 3.63) is 108 Å². The minimum atomic E-state index is 1.03. The Labute approximate surface area is 154 Å². The summed E-state index contributed by atoms with van der Waals surface area (Å²) in [6.45, 7) is 2.13. The number of fused-ring (bicyclic) bond motifs is 3. The molecule has 1 aliphatic rings. The van der Waals surface area contributed by atoms with Crippen molar-refractivity contribution in [1.82, 2.24) is 0 Å². The molecule has 0 bridgehead atoms. The molecule has 1 aliphatic carbocycles. The molecule has 0 heterocycles. The molecule has 0 amide bonds. The first-order valence-corrected chi connectivity index (χ1v) is 9.17. The van der Waals surface area contributed by atoms with Crippen molar-refractivity contribution in [2.45, 2.75) is 13.3 Å². The Hall–Kier alpha value is -3.12. The third-order valence-corrected chi connectivity index (χ3v) is 5.43. The molecule has 0 N–H and O–H groups in total. The second-order valence-corrected chi connectivity index (χ2v) is 7.11.